The van der Waals surface area contributed by atoms with Gasteiger partial charge in [0, 0.05) is 36.0 Å². The Morgan fingerprint density at radius 1 is 1.10 bits per heavy atom. The minimum atomic E-state index is -0.404. The van der Waals surface area contributed by atoms with Crippen molar-refractivity contribution in [3.63, 3.8) is 0 Å². The van der Waals surface area contributed by atoms with Gasteiger partial charge in [0.25, 0.3) is 5.91 Å². The SMILES string of the molecule is CSc1ccc(NC(=O)[C@@H]2CC23CCN(C(=O)[C@H]2Cc4ccccc4O2)CC3)cc1. The van der Waals surface area contributed by atoms with Crippen LogP contribution in [-0.4, -0.2) is 42.2 Å². The number of nitrogens with one attached hydrogen (secondary N) is 1. The van der Waals surface area contributed by atoms with Crippen LogP contribution in [0, 0.1) is 11.3 Å². The van der Waals surface area contributed by atoms with Crippen LogP contribution >= 0.6 is 11.8 Å². The number of nitrogens with zero attached hydrogens (tertiary/aromatic N) is 1. The molecule has 1 spiro atoms. The number of amides is 2. The summed E-state index contributed by atoms with van der Waals surface area (Å²) in [6.07, 6.45) is 4.99. The van der Waals surface area contributed by atoms with Crippen molar-refractivity contribution in [3.8, 4) is 5.75 Å². The Hall–Kier alpha value is -2.47. The zero-order valence-corrected chi connectivity index (χ0v) is 17.9. The molecule has 5 rings (SSSR count). The Morgan fingerprint density at radius 2 is 1.83 bits per heavy atom. The fourth-order valence-electron chi connectivity index (χ4n) is 4.87. The minimum Gasteiger partial charge on any atom is -0.480 e. The lowest BCUT2D eigenvalue weighted by atomic mass is 9.90. The van der Waals surface area contributed by atoms with Gasteiger partial charge in [-0.2, -0.15) is 0 Å². The van der Waals surface area contributed by atoms with Gasteiger partial charge in [-0.1, -0.05) is 18.2 Å². The van der Waals surface area contributed by atoms with Gasteiger partial charge in [0.2, 0.25) is 5.91 Å². The predicted molar refractivity (Wildman–Crippen MR) is 118 cm³/mol. The van der Waals surface area contributed by atoms with Gasteiger partial charge in [0.1, 0.15) is 5.75 Å². The molecular formula is C24H26N2O3S. The summed E-state index contributed by atoms with van der Waals surface area (Å²) in [7, 11) is 0. The van der Waals surface area contributed by atoms with Gasteiger partial charge in [0.05, 0.1) is 0 Å². The largest absolute Gasteiger partial charge is 0.480 e. The first kappa shape index (κ1) is 19.5. The molecule has 2 heterocycles. The number of piperidine rings is 1. The van der Waals surface area contributed by atoms with Gasteiger partial charge in [-0.15, -0.1) is 11.8 Å². The number of ether oxygens (including phenoxy) is 1. The molecule has 3 aliphatic rings. The predicted octanol–water partition coefficient (Wildman–Crippen LogP) is 3.98. The first-order valence-corrected chi connectivity index (χ1v) is 11.8. The number of hydrogen-bond acceptors (Lipinski definition) is 4. The molecule has 2 amide bonds. The Labute approximate surface area is 181 Å². The molecule has 0 aromatic heterocycles. The van der Waals surface area contributed by atoms with Gasteiger partial charge in [-0.25, -0.2) is 0 Å². The lowest BCUT2D eigenvalue weighted by Gasteiger charge is -2.34. The van der Waals surface area contributed by atoms with Gasteiger partial charge >= 0.3 is 0 Å². The van der Waals surface area contributed by atoms with E-state index in [4.69, 9.17) is 4.74 Å². The Balaban J connectivity index is 1.14. The van der Waals surface area contributed by atoms with Crippen LogP contribution in [-0.2, 0) is 16.0 Å². The third-order valence-corrected chi connectivity index (χ3v) is 7.60. The maximum absolute atomic E-state index is 12.9. The summed E-state index contributed by atoms with van der Waals surface area (Å²) in [4.78, 5) is 28.8. The van der Waals surface area contributed by atoms with E-state index in [9.17, 15) is 9.59 Å². The number of carbonyl (C=O) groups excluding carboxylic acids is 2. The monoisotopic (exact) mass is 422 g/mol. The molecule has 0 bridgehead atoms. The molecule has 6 heteroatoms. The quantitative estimate of drug-likeness (QED) is 0.758. The second kappa shape index (κ2) is 7.65. The molecule has 156 valence electrons. The second-order valence-corrected chi connectivity index (χ2v) is 9.46. The first-order valence-electron chi connectivity index (χ1n) is 10.6. The van der Waals surface area contributed by atoms with Crippen molar-refractivity contribution >= 4 is 29.3 Å². The number of fused-ring (bicyclic) bond motifs is 1. The van der Waals surface area contributed by atoms with E-state index in [1.54, 1.807) is 11.8 Å². The summed E-state index contributed by atoms with van der Waals surface area (Å²) in [5.41, 5.74) is 2.03. The van der Waals surface area contributed by atoms with E-state index >= 15 is 0 Å². The number of para-hydroxylation sites is 1. The van der Waals surface area contributed by atoms with Crippen LogP contribution in [0.15, 0.2) is 53.4 Å². The molecule has 30 heavy (non-hydrogen) atoms. The Morgan fingerprint density at radius 3 is 2.53 bits per heavy atom. The van der Waals surface area contributed by atoms with E-state index in [1.807, 2.05) is 59.7 Å². The van der Waals surface area contributed by atoms with Crippen LogP contribution in [0.1, 0.15) is 24.8 Å². The van der Waals surface area contributed by atoms with Crippen LogP contribution < -0.4 is 10.1 Å². The smallest absolute Gasteiger partial charge is 0.263 e. The molecule has 2 aliphatic heterocycles. The van der Waals surface area contributed by atoms with Gasteiger partial charge in [-0.3, -0.25) is 9.59 Å². The number of carbonyl (C=O) groups is 2. The molecule has 1 N–H and O–H groups in total. The van der Waals surface area contributed by atoms with Gasteiger partial charge < -0.3 is 15.0 Å². The van der Waals surface area contributed by atoms with Crippen LogP contribution in [0.5, 0.6) is 5.75 Å². The molecule has 2 aromatic rings. The average Bonchev–Trinajstić information content (AvgIpc) is 3.30. The Bertz CT molecular complexity index is 942. The summed E-state index contributed by atoms with van der Waals surface area (Å²) < 4.78 is 5.87. The normalized spacial score (nSPS) is 23.6. The van der Waals surface area contributed by atoms with Gasteiger partial charge in [0.15, 0.2) is 6.10 Å². The highest BCUT2D eigenvalue weighted by molar-refractivity contribution is 7.98. The van der Waals surface area contributed by atoms with Crippen LogP contribution in [0.25, 0.3) is 0 Å². The summed E-state index contributed by atoms with van der Waals surface area (Å²) in [5.74, 6) is 1.08. The third kappa shape index (κ3) is 3.58. The molecule has 1 saturated heterocycles. The fraction of sp³-hybridized carbons (Fsp3) is 0.417. The van der Waals surface area contributed by atoms with E-state index in [-0.39, 0.29) is 23.1 Å². The van der Waals surface area contributed by atoms with E-state index in [0.717, 1.165) is 36.3 Å². The summed E-state index contributed by atoms with van der Waals surface area (Å²) in [6, 6.07) is 15.8. The van der Waals surface area contributed by atoms with Crippen LogP contribution in [0.4, 0.5) is 5.69 Å². The lowest BCUT2D eigenvalue weighted by molar-refractivity contribution is -0.139. The molecule has 0 unspecified atom stereocenters. The van der Waals surface area contributed by atoms with E-state index in [0.29, 0.717) is 19.5 Å². The maximum Gasteiger partial charge on any atom is 0.263 e. The highest BCUT2D eigenvalue weighted by atomic mass is 32.2. The molecule has 2 atom stereocenters. The van der Waals surface area contributed by atoms with Crippen molar-refractivity contribution in [2.75, 3.05) is 24.7 Å². The number of hydrogen-bond donors (Lipinski definition) is 1. The van der Waals surface area contributed by atoms with Crippen molar-refractivity contribution < 1.29 is 14.3 Å². The second-order valence-electron chi connectivity index (χ2n) is 8.58. The topological polar surface area (TPSA) is 58.6 Å². The highest BCUT2D eigenvalue weighted by Crippen LogP contribution is 2.59. The summed E-state index contributed by atoms with van der Waals surface area (Å²) >= 11 is 1.69. The Kier molecular flexibility index (Phi) is 4.97. The van der Waals surface area contributed by atoms with Crippen LogP contribution in [0.2, 0.25) is 0 Å². The first-order chi connectivity index (χ1) is 14.6. The zero-order chi connectivity index (χ0) is 20.7. The fourth-order valence-corrected chi connectivity index (χ4v) is 5.28. The van der Waals surface area contributed by atoms with Crippen molar-refractivity contribution in [1.82, 2.24) is 4.90 Å². The van der Waals surface area contributed by atoms with E-state index in [1.165, 1.54) is 4.90 Å². The standard InChI is InChI=1S/C24H26N2O3S/c1-30-18-8-6-17(7-9-18)25-22(27)19-15-24(19)10-12-26(13-11-24)23(28)21-14-16-4-2-3-5-20(16)29-21/h2-9,19,21H,10-15H2,1H3,(H,25,27)/t19-,21+/m0/s1. The molecule has 5 nitrogen and oxygen atoms in total. The van der Waals surface area contributed by atoms with Crippen molar-refractivity contribution in [2.45, 2.75) is 36.7 Å². The van der Waals surface area contributed by atoms with E-state index in [2.05, 4.69) is 5.32 Å². The van der Waals surface area contributed by atoms with Crippen LogP contribution in [0.3, 0.4) is 0 Å². The number of rotatable bonds is 4. The number of benzene rings is 2. The lowest BCUT2D eigenvalue weighted by Crippen LogP contribution is -2.46. The summed E-state index contributed by atoms with van der Waals surface area (Å²) in [6.45, 7) is 1.42. The molecule has 2 aromatic carbocycles. The number of likely N-dealkylation sites (tertiary alicyclic amines) is 1. The molecular weight excluding hydrogens is 396 g/mol. The van der Waals surface area contributed by atoms with Crippen molar-refractivity contribution in [3.05, 3.63) is 54.1 Å². The molecule has 2 fully saturated rings. The van der Waals surface area contributed by atoms with Crippen molar-refractivity contribution in [2.24, 2.45) is 11.3 Å². The average molecular weight is 423 g/mol. The number of anilines is 1. The number of thioether (sulfide) groups is 1. The maximum atomic E-state index is 12.9. The van der Waals surface area contributed by atoms with Gasteiger partial charge in [-0.05, 0) is 66.8 Å². The highest BCUT2D eigenvalue weighted by Gasteiger charge is 2.59. The zero-order valence-electron chi connectivity index (χ0n) is 17.1. The molecule has 1 saturated carbocycles. The minimum absolute atomic E-state index is 0.0574. The summed E-state index contributed by atoms with van der Waals surface area (Å²) in [5, 5.41) is 3.07. The third-order valence-electron chi connectivity index (χ3n) is 6.86. The molecule has 1 aliphatic carbocycles. The van der Waals surface area contributed by atoms with Crippen molar-refractivity contribution in [1.29, 1.82) is 0 Å². The molecule has 0 radical (unpaired) electrons. The van der Waals surface area contributed by atoms with E-state index < -0.39 is 6.10 Å².